The molecule has 3 N–H and O–H groups in total. The maximum Gasteiger partial charge on any atom is 0.424 e. The highest BCUT2D eigenvalue weighted by molar-refractivity contribution is 5.93. The molecule has 0 aliphatic rings. The molecule has 0 aliphatic carbocycles. The molecule has 0 saturated heterocycles. The first-order valence-electron chi connectivity index (χ1n) is 7.27. The van der Waals surface area contributed by atoms with Gasteiger partial charge in [-0.3, -0.25) is 4.79 Å². The number of nitrogens with one attached hydrogen (secondary N) is 2. The number of aromatic amines is 1. The van der Waals surface area contributed by atoms with Crippen molar-refractivity contribution < 1.29 is 23.1 Å². The summed E-state index contributed by atoms with van der Waals surface area (Å²) in [4.78, 5) is 18.5. The molecule has 1 amide bonds. The Bertz CT molecular complexity index is 735. The molecular weight excluding hydrogens is 325 g/mol. The first kappa shape index (κ1) is 18.1. The van der Waals surface area contributed by atoms with Crippen molar-refractivity contribution >= 4 is 5.91 Å². The van der Waals surface area contributed by atoms with Crippen LogP contribution in [0.4, 0.5) is 13.2 Å². The van der Waals surface area contributed by atoms with E-state index in [9.17, 15) is 23.1 Å². The van der Waals surface area contributed by atoms with Crippen molar-refractivity contribution in [3.8, 4) is 0 Å². The Hall–Kier alpha value is -2.29. The molecule has 132 valence electrons. The van der Waals surface area contributed by atoms with E-state index in [0.717, 1.165) is 10.3 Å². The van der Waals surface area contributed by atoms with Crippen LogP contribution in [0.1, 0.15) is 34.0 Å². The second-order valence-electron chi connectivity index (χ2n) is 5.74. The average molecular weight is 344 g/mol. The van der Waals surface area contributed by atoms with E-state index >= 15 is 0 Å². The van der Waals surface area contributed by atoms with Gasteiger partial charge in [0, 0.05) is 38.1 Å². The van der Waals surface area contributed by atoms with Crippen LogP contribution in [-0.2, 0) is 12.6 Å². The van der Waals surface area contributed by atoms with E-state index in [2.05, 4.69) is 15.3 Å². The van der Waals surface area contributed by atoms with Crippen molar-refractivity contribution in [1.82, 2.24) is 19.9 Å². The van der Waals surface area contributed by atoms with Crippen LogP contribution in [0.25, 0.3) is 0 Å². The van der Waals surface area contributed by atoms with Crippen molar-refractivity contribution in [2.45, 2.75) is 32.0 Å². The number of aromatic nitrogens is 3. The van der Waals surface area contributed by atoms with E-state index < -0.39 is 29.9 Å². The van der Waals surface area contributed by atoms with Gasteiger partial charge in [-0.1, -0.05) is 0 Å². The van der Waals surface area contributed by atoms with Crippen LogP contribution in [0, 0.1) is 13.8 Å². The number of rotatable bonds is 5. The van der Waals surface area contributed by atoms with Crippen molar-refractivity contribution in [3.63, 3.8) is 0 Å². The van der Waals surface area contributed by atoms with E-state index in [1.54, 1.807) is 19.9 Å². The van der Waals surface area contributed by atoms with Gasteiger partial charge in [0.1, 0.15) is 11.5 Å². The Labute approximate surface area is 136 Å². The minimum Gasteiger partial charge on any atom is -0.374 e. The standard InChI is InChI=1S/C15H19F3N4O2/c1-9-8-10(2)21-11(9)12(23)19-5-4-14(24,15(16,17)18)13-20-6-7-22(13)3/h6-8,21,24H,4-5H2,1-3H3,(H,19,23). The number of nitrogens with zero attached hydrogens (tertiary/aromatic N) is 2. The summed E-state index contributed by atoms with van der Waals surface area (Å²) in [6.07, 6.45) is -3.17. The summed E-state index contributed by atoms with van der Waals surface area (Å²) < 4.78 is 41.1. The lowest BCUT2D eigenvalue weighted by Gasteiger charge is -2.29. The molecule has 2 aromatic heterocycles. The predicted octanol–water partition coefficient (Wildman–Crippen LogP) is 1.94. The zero-order valence-corrected chi connectivity index (χ0v) is 13.5. The summed E-state index contributed by atoms with van der Waals surface area (Å²) in [7, 11) is 1.36. The first-order chi connectivity index (χ1) is 11.1. The highest BCUT2D eigenvalue weighted by atomic mass is 19.4. The van der Waals surface area contributed by atoms with Gasteiger partial charge in [-0.2, -0.15) is 13.2 Å². The number of alkyl halides is 3. The van der Waals surface area contributed by atoms with Crippen LogP contribution in [-0.4, -0.2) is 38.3 Å². The molecule has 1 unspecified atom stereocenters. The monoisotopic (exact) mass is 344 g/mol. The fraction of sp³-hybridized carbons (Fsp3) is 0.467. The van der Waals surface area contributed by atoms with Gasteiger partial charge in [-0.15, -0.1) is 0 Å². The van der Waals surface area contributed by atoms with Gasteiger partial charge in [0.05, 0.1) is 0 Å². The first-order valence-corrected chi connectivity index (χ1v) is 7.27. The average Bonchev–Trinajstić information content (AvgIpc) is 3.03. The fourth-order valence-electron chi connectivity index (χ4n) is 2.55. The number of amides is 1. The second-order valence-corrected chi connectivity index (χ2v) is 5.74. The van der Waals surface area contributed by atoms with Gasteiger partial charge in [0.15, 0.2) is 0 Å². The lowest BCUT2D eigenvalue weighted by molar-refractivity contribution is -0.272. The Balaban J connectivity index is 2.11. The molecule has 2 heterocycles. The van der Waals surface area contributed by atoms with E-state index in [-0.39, 0.29) is 6.54 Å². The lowest BCUT2D eigenvalue weighted by Crippen LogP contribution is -2.46. The number of aryl methyl sites for hydroxylation is 3. The summed E-state index contributed by atoms with van der Waals surface area (Å²) in [5.74, 6) is -1.04. The van der Waals surface area contributed by atoms with Crippen molar-refractivity contribution in [2.75, 3.05) is 6.54 Å². The number of hydrogen-bond donors (Lipinski definition) is 3. The van der Waals surface area contributed by atoms with E-state index in [0.29, 0.717) is 11.3 Å². The molecule has 2 rings (SSSR count). The highest BCUT2D eigenvalue weighted by Gasteiger charge is 2.57. The fourth-order valence-corrected chi connectivity index (χ4v) is 2.55. The molecule has 9 heteroatoms. The molecule has 0 fully saturated rings. The summed E-state index contributed by atoms with van der Waals surface area (Å²) in [6, 6.07) is 1.76. The molecular formula is C15H19F3N4O2. The molecule has 0 spiro atoms. The predicted molar refractivity (Wildman–Crippen MR) is 80.4 cm³/mol. The molecule has 0 bridgehead atoms. The Morgan fingerprint density at radius 3 is 2.54 bits per heavy atom. The van der Waals surface area contributed by atoms with Crippen molar-refractivity contribution in [3.05, 3.63) is 41.2 Å². The maximum atomic E-state index is 13.3. The smallest absolute Gasteiger partial charge is 0.374 e. The van der Waals surface area contributed by atoms with Gasteiger partial charge in [-0.25, -0.2) is 4.98 Å². The minimum atomic E-state index is -4.92. The third kappa shape index (κ3) is 3.30. The molecule has 24 heavy (non-hydrogen) atoms. The molecule has 0 saturated carbocycles. The highest BCUT2D eigenvalue weighted by Crippen LogP contribution is 2.40. The van der Waals surface area contributed by atoms with E-state index in [1.165, 1.54) is 19.4 Å². The van der Waals surface area contributed by atoms with E-state index in [1.807, 2.05) is 0 Å². The molecule has 0 aromatic carbocycles. The summed E-state index contributed by atoms with van der Waals surface area (Å²) in [5.41, 5.74) is -1.38. The minimum absolute atomic E-state index is 0.292. The maximum absolute atomic E-state index is 13.3. The molecule has 1 atom stereocenters. The number of carbonyl (C=O) groups is 1. The Kier molecular flexibility index (Phi) is 4.75. The number of hydrogen-bond acceptors (Lipinski definition) is 3. The van der Waals surface area contributed by atoms with Gasteiger partial charge < -0.3 is 20.0 Å². The quantitative estimate of drug-likeness (QED) is 0.775. The molecule has 0 radical (unpaired) electrons. The summed E-state index contributed by atoms with van der Waals surface area (Å²) in [5, 5.41) is 12.6. The molecule has 6 nitrogen and oxygen atoms in total. The van der Waals surface area contributed by atoms with Crippen LogP contribution < -0.4 is 5.32 Å². The van der Waals surface area contributed by atoms with Crippen molar-refractivity contribution in [2.24, 2.45) is 7.05 Å². The van der Waals surface area contributed by atoms with Crippen LogP contribution >= 0.6 is 0 Å². The number of H-pyrrole nitrogens is 1. The Morgan fingerprint density at radius 1 is 1.42 bits per heavy atom. The zero-order chi connectivity index (χ0) is 18.1. The topological polar surface area (TPSA) is 82.9 Å². The second kappa shape index (κ2) is 6.31. The van der Waals surface area contributed by atoms with Gasteiger partial charge in [-0.05, 0) is 25.5 Å². The van der Waals surface area contributed by atoms with Crippen LogP contribution in [0.5, 0.6) is 0 Å². The lowest BCUT2D eigenvalue weighted by atomic mass is 9.97. The third-order valence-corrected chi connectivity index (χ3v) is 3.81. The molecule has 0 aliphatic heterocycles. The van der Waals surface area contributed by atoms with Crippen LogP contribution in [0.2, 0.25) is 0 Å². The summed E-state index contributed by atoms with van der Waals surface area (Å²) >= 11 is 0. The van der Waals surface area contributed by atoms with Gasteiger partial charge in [0.2, 0.25) is 5.60 Å². The molecule has 2 aromatic rings. The van der Waals surface area contributed by atoms with E-state index in [4.69, 9.17) is 0 Å². The van der Waals surface area contributed by atoms with Crippen molar-refractivity contribution in [1.29, 1.82) is 0 Å². The normalized spacial score (nSPS) is 14.5. The van der Waals surface area contributed by atoms with Gasteiger partial charge >= 0.3 is 6.18 Å². The zero-order valence-electron chi connectivity index (χ0n) is 13.5. The van der Waals surface area contributed by atoms with Crippen LogP contribution in [0.15, 0.2) is 18.5 Å². The van der Waals surface area contributed by atoms with Gasteiger partial charge in [0.25, 0.3) is 5.91 Å². The third-order valence-electron chi connectivity index (χ3n) is 3.81. The SMILES string of the molecule is Cc1cc(C)c(C(=O)NCCC(O)(c2nccn2C)C(F)(F)F)[nH]1. The largest absolute Gasteiger partial charge is 0.424 e. The number of aliphatic hydroxyl groups is 1. The Morgan fingerprint density at radius 2 is 2.08 bits per heavy atom. The number of carbonyl (C=O) groups excluding carboxylic acids is 1. The summed E-state index contributed by atoms with van der Waals surface area (Å²) in [6.45, 7) is 3.13. The number of halogens is 3. The number of imidazole rings is 1. The van der Waals surface area contributed by atoms with Crippen LogP contribution in [0.3, 0.4) is 0 Å².